The average Bonchev–Trinajstić information content (AvgIpc) is 3.06. The van der Waals surface area contributed by atoms with Crippen molar-refractivity contribution in [2.75, 3.05) is 0 Å². The number of aryl methyl sites for hydroxylation is 2. The highest BCUT2D eigenvalue weighted by atomic mass is 14.5. The minimum absolute atomic E-state index is 0.602. The van der Waals surface area contributed by atoms with Gasteiger partial charge in [-0.05, 0) is 78.2 Å². The molecule has 0 radical (unpaired) electrons. The van der Waals surface area contributed by atoms with Crippen LogP contribution in [0, 0.1) is 24.2 Å². The summed E-state index contributed by atoms with van der Waals surface area (Å²) in [4.78, 5) is 0. The smallest absolute Gasteiger partial charge is 0.0168 e. The fourth-order valence-corrected chi connectivity index (χ4v) is 5.30. The predicted molar refractivity (Wildman–Crippen MR) is 88.5 cm³/mol. The molecular formula is C21H22. The molecule has 3 aliphatic rings. The zero-order chi connectivity index (χ0) is 14.0. The molecule has 0 amide bonds. The maximum absolute atomic E-state index is 2.53. The maximum atomic E-state index is 2.53. The molecule has 0 aromatic heterocycles. The van der Waals surface area contributed by atoms with Crippen LogP contribution in [0.2, 0.25) is 0 Å². The highest BCUT2D eigenvalue weighted by Crippen LogP contribution is 2.57. The first-order valence-electron chi connectivity index (χ1n) is 8.42. The van der Waals surface area contributed by atoms with E-state index in [-0.39, 0.29) is 0 Å². The Morgan fingerprint density at radius 3 is 2.71 bits per heavy atom. The van der Waals surface area contributed by atoms with Crippen LogP contribution in [0.25, 0.3) is 10.8 Å². The van der Waals surface area contributed by atoms with E-state index in [9.17, 15) is 0 Å². The van der Waals surface area contributed by atoms with Gasteiger partial charge < -0.3 is 0 Å². The highest BCUT2D eigenvalue weighted by molar-refractivity contribution is 5.85. The fourth-order valence-electron chi connectivity index (χ4n) is 5.30. The Kier molecular flexibility index (Phi) is 2.29. The van der Waals surface area contributed by atoms with Gasteiger partial charge in [0.2, 0.25) is 0 Å². The van der Waals surface area contributed by atoms with Crippen molar-refractivity contribution in [3.63, 3.8) is 0 Å². The minimum Gasteiger partial charge on any atom is -0.0851 e. The van der Waals surface area contributed by atoms with Crippen LogP contribution >= 0.6 is 0 Å². The summed E-state index contributed by atoms with van der Waals surface area (Å²) in [5, 5.41) is 2.85. The van der Waals surface area contributed by atoms with Gasteiger partial charge in [0.25, 0.3) is 0 Å². The van der Waals surface area contributed by atoms with E-state index in [2.05, 4.69) is 49.4 Å². The molecule has 0 heterocycles. The Labute approximate surface area is 126 Å². The van der Waals surface area contributed by atoms with Crippen molar-refractivity contribution in [2.45, 2.75) is 39.0 Å². The van der Waals surface area contributed by atoms with Crippen LogP contribution < -0.4 is 0 Å². The minimum atomic E-state index is 0.602. The highest BCUT2D eigenvalue weighted by Gasteiger charge is 2.49. The molecule has 0 heteroatoms. The van der Waals surface area contributed by atoms with Crippen LogP contribution in [-0.2, 0) is 12.8 Å². The van der Waals surface area contributed by atoms with Gasteiger partial charge in [0.15, 0.2) is 0 Å². The number of hydrogen-bond acceptors (Lipinski definition) is 0. The second-order valence-corrected chi connectivity index (χ2v) is 7.70. The summed E-state index contributed by atoms with van der Waals surface area (Å²) in [7, 11) is 0. The summed E-state index contributed by atoms with van der Waals surface area (Å²) < 4.78 is 0. The lowest BCUT2D eigenvalue weighted by atomic mass is 9.64. The number of hydrogen-bond donors (Lipinski definition) is 0. The maximum Gasteiger partial charge on any atom is -0.0168 e. The summed E-state index contributed by atoms with van der Waals surface area (Å²) in [5.41, 5.74) is 5.22. The molecular weight excluding hydrogens is 252 g/mol. The van der Waals surface area contributed by atoms with Gasteiger partial charge in [0.1, 0.15) is 0 Å². The lowest BCUT2D eigenvalue weighted by Gasteiger charge is -2.40. The first-order chi connectivity index (χ1) is 10.2. The molecule has 3 atom stereocenters. The first-order valence-corrected chi connectivity index (χ1v) is 8.42. The van der Waals surface area contributed by atoms with E-state index < -0.39 is 0 Å². The zero-order valence-corrected chi connectivity index (χ0v) is 12.7. The summed E-state index contributed by atoms with van der Waals surface area (Å²) in [6.07, 6.45) is 11.9. The Balaban J connectivity index is 1.60. The van der Waals surface area contributed by atoms with E-state index in [0.29, 0.717) is 5.41 Å². The Morgan fingerprint density at radius 1 is 1.00 bits per heavy atom. The van der Waals surface area contributed by atoms with E-state index in [0.717, 1.165) is 11.8 Å². The summed E-state index contributed by atoms with van der Waals surface area (Å²) in [6, 6.07) is 11.8. The SMILES string of the molecule is Cc1ccc2cc3c(cc2c1)CCC1(C3)CC2C=CC1C2. The van der Waals surface area contributed by atoms with Gasteiger partial charge in [0, 0.05) is 0 Å². The second-order valence-electron chi connectivity index (χ2n) is 7.70. The lowest BCUT2D eigenvalue weighted by Crippen LogP contribution is -2.32. The van der Waals surface area contributed by atoms with E-state index in [1.807, 2.05) is 0 Å². The second kappa shape index (κ2) is 4.00. The summed E-state index contributed by atoms with van der Waals surface area (Å²) in [6.45, 7) is 2.19. The molecule has 1 fully saturated rings. The first kappa shape index (κ1) is 12.0. The molecule has 2 aromatic rings. The van der Waals surface area contributed by atoms with Crippen molar-refractivity contribution in [1.82, 2.24) is 0 Å². The van der Waals surface area contributed by atoms with Crippen LogP contribution in [0.5, 0.6) is 0 Å². The van der Waals surface area contributed by atoms with Gasteiger partial charge >= 0.3 is 0 Å². The predicted octanol–water partition coefficient (Wildman–Crippen LogP) is 5.22. The third-order valence-electron chi connectivity index (χ3n) is 6.38. The van der Waals surface area contributed by atoms with Crippen LogP contribution in [0.4, 0.5) is 0 Å². The molecule has 0 N–H and O–H groups in total. The normalized spacial score (nSPS) is 33.0. The Hall–Kier alpha value is -1.56. The van der Waals surface area contributed by atoms with E-state index in [1.54, 1.807) is 11.1 Å². The van der Waals surface area contributed by atoms with Crippen molar-refractivity contribution < 1.29 is 0 Å². The molecule has 5 rings (SSSR count). The van der Waals surface area contributed by atoms with Gasteiger partial charge in [-0.3, -0.25) is 0 Å². The zero-order valence-electron chi connectivity index (χ0n) is 12.7. The number of allylic oxidation sites excluding steroid dienone is 2. The molecule has 21 heavy (non-hydrogen) atoms. The molecule has 0 nitrogen and oxygen atoms in total. The standard InChI is InChI=1S/C21H22/c1-14-2-4-16-11-19-13-21(12-15-3-5-20(21)9-15)7-6-17(19)10-18(16)8-14/h2-5,8,10-11,15,20H,6-7,9,12-13H2,1H3. The van der Waals surface area contributed by atoms with Crippen LogP contribution in [-0.4, -0.2) is 0 Å². The average molecular weight is 274 g/mol. The van der Waals surface area contributed by atoms with Crippen molar-refractivity contribution in [3.05, 3.63) is 59.2 Å². The molecule has 2 aromatic carbocycles. The van der Waals surface area contributed by atoms with Gasteiger partial charge in [0.05, 0.1) is 0 Å². The van der Waals surface area contributed by atoms with E-state index in [1.165, 1.54) is 48.4 Å². The molecule has 3 aliphatic carbocycles. The Morgan fingerprint density at radius 2 is 1.90 bits per heavy atom. The topological polar surface area (TPSA) is 0 Å². The van der Waals surface area contributed by atoms with Crippen LogP contribution in [0.15, 0.2) is 42.5 Å². The van der Waals surface area contributed by atoms with Gasteiger partial charge in [-0.1, -0.05) is 48.0 Å². The van der Waals surface area contributed by atoms with E-state index >= 15 is 0 Å². The molecule has 1 spiro atoms. The molecule has 1 saturated carbocycles. The lowest BCUT2D eigenvalue weighted by molar-refractivity contribution is 0.195. The summed E-state index contributed by atoms with van der Waals surface area (Å²) in [5.74, 6) is 1.75. The van der Waals surface area contributed by atoms with Gasteiger partial charge in [-0.2, -0.15) is 0 Å². The van der Waals surface area contributed by atoms with Gasteiger partial charge in [-0.15, -0.1) is 0 Å². The summed E-state index contributed by atoms with van der Waals surface area (Å²) >= 11 is 0. The molecule has 2 bridgehead atoms. The number of benzene rings is 2. The van der Waals surface area contributed by atoms with Gasteiger partial charge in [-0.25, -0.2) is 0 Å². The monoisotopic (exact) mass is 274 g/mol. The van der Waals surface area contributed by atoms with Crippen molar-refractivity contribution in [1.29, 1.82) is 0 Å². The fraction of sp³-hybridized carbons (Fsp3) is 0.429. The Bertz CT molecular complexity index is 767. The van der Waals surface area contributed by atoms with E-state index in [4.69, 9.17) is 0 Å². The van der Waals surface area contributed by atoms with Crippen LogP contribution in [0.1, 0.15) is 36.0 Å². The van der Waals surface area contributed by atoms with Crippen molar-refractivity contribution in [3.8, 4) is 0 Å². The number of fused-ring (bicyclic) bond motifs is 5. The van der Waals surface area contributed by atoms with Crippen LogP contribution in [0.3, 0.4) is 0 Å². The van der Waals surface area contributed by atoms with Crippen molar-refractivity contribution >= 4 is 10.8 Å². The molecule has 106 valence electrons. The molecule has 0 saturated heterocycles. The van der Waals surface area contributed by atoms with Crippen molar-refractivity contribution in [2.24, 2.45) is 17.3 Å². The quantitative estimate of drug-likeness (QED) is 0.578. The number of rotatable bonds is 0. The third-order valence-corrected chi connectivity index (χ3v) is 6.38. The molecule has 0 aliphatic heterocycles. The third kappa shape index (κ3) is 1.68. The largest absolute Gasteiger partial charge is 0.0851 e. The molecule has 3 unspecified atom stereocenters.